The third-order valence-corrected chi connectivity index (χ3v) is 5.85. The molecule has 0 spiro atoms. The van der Waals surface area contributed by atoms with Gasteiger partial charge in [-0.2, -0.15) is 0 Å². The average Bonchev–Trinajstić information content (AvgIpc) is 2.98. The van der Waals surface area contributed by atoms with E-state index in [2.05, 4.69) is 16.0 Å². The number of imidazole rings is 1. The minimum Gasteiger partial charge on any atom is -0.351 e. The maximum absolute atomic E-state index is 6.33. The van der Waals surface area contributed by atoms with Crippen molar-refractivity contribution in [2.45, 2.75) is 44.3 Å². The zero-order valence-corrected chi connectivity index (χ0v) is 16.0. The van der Waals surface area contributed by atoms with Gasteiger partial charge in [-0.25, -0.2) is 4.98 Å². The maximum atomic E-state index is 6.33. The van der Waals surface area contributed by atoms with Gasteiger partial charge in [0, 0.05) is 12.1 Å². The Balaban J connectivity index is 1.70. The van der Waals surface area contributed by atoms with Crippen molar-refractivity contribution in [3.05, 3.63) is 58.1 Å². The van der Waals surface area contributed by atoms with E-state index in [-0.39, 0.29) is 12.1 Å². The van der Waals surface area contributed by atoms with E-state index in [1.807, 2.05) is 36.4 Å². The lowest BCUT2D eigenvalue weighted by Crippen LogP contribution is -2.43. The van der Waals surface area contributed by atoms with Crippen LogP contribution in [0, 0.1) is 0 Å². The predicted octanol–water partition coefficient (Wildman–Crippen LogP) is 5.07. The summed E-state index contributed by atoms with van der Waals surface area (Å²) in [4.78, 5) is 4.81. The summed E-state index contributed by atoms with van der Waals surface area (Å²) in [5.74, 6) is 0.861. The second kappa shape index (κ2) is 7.47. The molecule has 6 heteroatoms. The molecule has 0 bridgehead atoms. The molecule has 1 fully saturated rings. The van der Waals surface area contributed by atoms with E-state index in [4.69, 9.17) is 33.9 Å². The molecule has 1 heterocycles. The van der Waals surface area contributed by atoms with Crippen LogP contribution in [0.5, 0.6) is 0 Å². The number of hydrogen-bond acceptors (Lipinski definition) is 3. The van der Waals surface area contributed by atoms with Crippen LogP contribution in [0.25, 0.3) is 11.0 Å². The number of halogens is 2. The van der Waals surface area contributed by atoms with Crippen molar-refractivity contribution in [1.82, 2.24) is 9.55 Å². The summed E-state index contributed by atoms with van der Waals surface area (Å²) in [5, 5.41) is 4.74. The first-order valence-electron chi connectivity index (χ1n) is 9.03. The topological polar surface area (TPSA) is 55.9 Å². The molecule has 4 nitrogen and oxygen atoms in total. The molecule has 1 aliphatic carbocycles. The van der Waals surface area contributed by atoms with E-state index in [1.54, 1.807) is 0 Å². The Morgan fingerprint density at radius 3 is 2.69 bits per heavy atom. The van der Waals surface area contributed by atoms with Crippen molar-refractivity contribution >= 4 is 40.2 Å². The summed E-state index contributed by atoms with van der Waals surface area (Å²) in [6, 6.07) is 14.3. The summed E-state index contributed by atoms with van der Waals surface area (Å²) >= 11 is 12.3. The second-order valence-corrected chi connectivity index (χ2v) is 7.77. The van der Waals surface area contributed by atoms with Crippen LogP contribution in [-0.4, -0.2) is 21.6 Å². The number of para-hydroxylation sites is 2. The average molecular weight is 389 g/mol. The SMILES string of the molecule is NC1CCCCC1Nc1nc2ccccc2n1Cc1ccc(Cl)c(Cl)c1. The van der Waals surface area contributed by atoms with Gasteiger partial charge in [-0.05, 0) is 42.7 Å². The third kappa shape index (κ3) is 3.54. The molecule has 2 aromatic carbocycles. The Hall–Kier alpha value is -1.75. The van der Waals surface area contributed by atoms with Gasteiger partial charge < -0.3 is 15.6 Å². The molecule has 1 aliphatic rings. The van der Waals surface area contributed by atoms with E-state index in [1.165, 1.54) is 12.8 Å². The number of benzene rings is 2. The van der Waals surface area contributed by atoms with Crippen LogP contribution < -0.4 is 11.1 Å². The smallest absolute Gasteiger partial charge is 0.204 e. The van der Waals surface area contributed by atoms with E-state index >= 15 is 0 Å². The van der Waals surface area contributed by atoms with Crippen molar-refractivity contribution in [3.63, 3.8) is 0 Å². The van der Waals surface area contributed by atoms with Crippen LogP contribution in [-0.2, 0) is 6.54 Å². The van der Waals surface area contributed by atoms with Crippen LogP contribution in [0.4, 0.5) is 5.95 Å². The summed E-state index contributed by atoms with van der Waals surface area (Å²) in [7, 11) is 0. The Labute approximate surface area is 163 Å². The first-order valence-corrected chi connectivity index (χ1v) is 9.79. The number of nitrogens with two attached hydrogens (primary N) is 1. The van der Waals surface area contributed by atoms with Gasteiger partial charge in [0.05, 0.1) is 27.6 Å². The molecular formula is C20H22Cl2N4. The van der Waals surface area contributed by atoms with E-state index in [0.717, 1.165) is 35.4 Å². The Morgan fingerprint density at radius 2 is 1.88 bits per heavy atom. The van der Waals surface area contributed by atoms with Crippen molar-refractivity contribution in [2.75, 3.05) is 5.32 Å². The largest absolute Gasteiger partial charge is 0.351 e. The normalized spacial score (nSPS) is 20.4. The summed E-state index contributed by atoms with van der Waals surface area (Å²) in [6.45, 7) is 0.668. The van der Waals surface area contributed by atoms with Gasteiger partial charge in [0.15, 0.2) is 0 Å². The minimum absolute atomic E-state index is 0.169. The van der Waals surface area contributed by atoms with Crippen LogP contribution in [0.3, 0.4) is 0 Å². The fourth-order valence-corrected chi connectivity index (χ4v) is 3.99. The van der Waals surface area contributed by atoms with Crippen molar-refractivity contribution in [3.8, 4) is 0 Å². The van der Waals surface area contributed by atoms with Crippen molar-refractivity contribution in [2.24, 2.45) is 5.73 Å². The molecule has 1 saturated carbocycles. The van der Waals surface area contributed by atoms with Gasteiger partial charge in [0.1, 0.15) is 0 Å². The quantitative estimate of drug-likeness (QED) is 0.655. The van der Waals surface area contributed by atoms with Gasteiger partial charge in [-0.3, -0.25) is 0 Å². The lowest BCUT2D eigenvalue weighted by Gasteiger charge is -2.29. The number of anilines is 1. The fraction of sp³-hybridized carbons (Fsp3) is 0.350. The van der Waals surface area contributed by atoms with Crippen LogP contribution in [0.15, 0.2) is 42.5 Å². The van der Waals surface area contributed by atoms with Crippen molar-refractivity contribution < 1.29 is 0 Å². The molecule has 4 rings (SSSR count). The Kier molecular flexibility index (Phi) is 5.07. The van der Waals surface area contributed by atoms with Gasteiger partial charge in [0.25, 0.3) is 0 Å². The highest BCUT2D eigenvalue weighted by Gasteiger charge is 2.23. The highest BCUT2D eigenvalue weighted by molar-refractivity contribution is 6.42. The summed E-state index contributed by atoms with van der Waals surface area (Å²) in [5.41, 5.74) is 9.47. The molecule has 0 amide bonds. The number of nitrogens with zero attached hydrogens (tertiary/aromatic N) is 2. The van der Waals surface area contributed by atoms with E-state index in [0.29, 0.717) is 16.6 Å². The molecule has 26 heavy (non-hydrogen) atoms. The number of rotatable bonds is 4. The lowest BCUT2D eigenvalue weighted by atomic mass is 9.91. The molecule has 136 valence electrons. The third-order valence-electron chi connectivity index (χ3n) is 5.11. The Morgan fingerprint density at radius 1 is 1.08 bits per heavy atom. The molecule has 2 unspecified atom stereocenters. The standard InChI is InChI=1S/C20H22Cl2N4/c21-14-10-9-13(11-15(14)22)12-26-19-8-4-3-7-18(19)25-20(26)24-17-6-2-1-5-16(17)23/h3-4,7-11,16-17H,1-2,5-6,12,23H2,(H,24,25). The number of hydrogen-bond donors (Lipinski definition) is 2. The van der Waals surface area contributed by atoms with Crippen LogP contribution >= 0.6 is 23.2 Å². The highest BCUT2D eigenvalue weighted by atomic mass is 35.5. The zero-order chi connectivity index (χ0) is 18.1. The van der Waals surface area contributed by atoms with Gasteiger partial charge >= 0.3 is 0 Å². The lowest BCUT2D eigenvalue weighted by molar-refractivity contribution is 0.401. The number of nitrogens with one attached hydrogen (secondary N) is 1. The monoisotopic (exact) mass is 388 g/mol. The maximum Gasteiger partial charge on any atom is 0.204 e. The van der Waals surface area contributed by atoms with Gasteiger partial charge in [-0.1, -0.05) is 54.2 Å². The fourth-order valence-electron chi connectivity index (χ4n) is 3.67. The minimum atomic E-state index is 0.169. The zero-order valence-electron chi connectivity index (χ0n) is 14.5. The molecule has 0 aliphatic heterocycles. The van der Waals surface area contributed by atoms with E-state index in [9.17, 15) is 0 Å². The molecule has 0 radical (unpaired) electrons. The second-order valence-electron chi connectivity index (χ2n) is 6.96. The van der Waals surface area contributed by atoms with E-state index < -0.39 is 0 Å². The van der Waals surface area contributed by atoms with Crippen LogP contribution in [0.1, 0.15) is 31.2 Å². The van der Waals surface area contributed by atoms with Gasteiger partial charge in [0.2, 0.25) is 5.95 Å². The predicted molar refractivity (Wildman–Crippen MR) is 109 cm³/mol. The summed E-state index contributed by atoms with van der Waals surface area (Å²) < 4.78 is 2.19. The molecule has 3 N–H and O–H groups in total. The number of fused-ring (bicyclic) bond motifs is 1. The van der Waals surface area contributed by atoms with Crippen molar-refractivity contribution in [1.29, 1.82) is 0 Å². The molecule has 1 aromatic heterocycles. The molecule has 3 aromatic rings. The first kappa shape index (κ1) is 17.7. The number of aromatic nitrogens is 2. The first-order chi connectivity index (χ1) is 12.6. The highest BCUT2D eigenvalue weighted by Crippen LogP contribution is 2.27. The van der Waals surface area contributed by atoms with Gasteiger partial charge in [-0.15, -0.1) is 0 Å². The summed E-state index contributed by atoms with van der Waals surface area (Å²) in [6.07, 6.45) is 4.55. The Bertz CT molecular complexity index is 921. The van der Waals surface area contributed by atoms with Crippen LogP contribution in [0.2, 0.25) is 10.0 Å². The molecule has 2 atom stereocenters. The molecular weight excluding hydrogens is 367 g/mol. The molecule has 0 saturated heterocycles.